The molecule has 1 fully saturated rings. The summed E-state index contributed by atoms with van der Waals surface area (Å²) < 4.78 is 39.4. The van der Waals surface area contributed by atoms with Gasteiger partial charge < -0.3 is 10.4 Å². The maximum atomic E-state index is 13.1. The fraction of sp³-hybridized carbons (Fsp3) is 0.556. The number of aliphatic carboxylic acids is 1. The van der Waals surface area contributed by atoms with Crippen molar-refractivity contribution in [2.75, 3.05) is 6.54 Å². The zero-order valence-corrected chi connectivity index (χ0v) is 14.0. The van der Waals surface area contributed by atoms with Crippen LogP contribution in [0.4, 0.5) is 13.2 Å². The molecule has 2 N–H and O–H groups in total. The van der Waals surface area contributed by atoms with Crippen molar-refractivity contribution in [2.24, 2.45) is 11.8 Å². The molecule has 0 heterocycles. The van der Waals surface area contributed by atoms with Crippen molar-refractivity contribution in [1.82, 2.24) is 5.32 Å². The Hall–Kier alpha value is -2.05. The summed E-state index contributed by atoms with van der Waals surface area (Å²) in [6.45, 7) is 1.19. The highest BCUT2D eigenvalue weighted by Gasteiger charge is 2.48. The van der Waals surface area contributed by atoms with Gasteiger partial charge in [0.15, 0.2) is 0 Å². The van der Waals surface area contributed by atoms with Crippen LogP contribution in [0.25, 0.3) is 0 Å². The molecule has 1 aliphatic carbocycles. The molecule has 3 unspecified atom stereocenters. The topological polar surface area (TPSA) is 66.4 Å². The average Bonchev–Trinajstić information content (AvgIpc) is 2.59. The molecule has 0 saturated heterocycles. The maximum Gasteiger partial charge on any atom is 0.392 e. The SMILES string of the molecule is CC(CNC(=O)C1CCCCC1C(F)(F)F)(C(=O)O)c1ccccc1. The van der Waals surface area contributed by atoms with Crippen LogP contribution in [-0.2, 0) is 15.0 Å². The van der Waals surface area contributed by atoms with Gasteiger partial charge >= 0.3 is 12.1 Å². The standard InChI is InChI=1S/C18H22F3NO3/c1-17(16(24)25,12-7-3-2-4-8-12)11-22-15(23)13-9-5-6-10-14(13)18(19,20)21/h2-4,7-8,13-14H,5-6,9-11H2,1H3,(H,22,23)(H,24,25). The zero-order chi connectivity index (χ0) is 18.7. The highest BCUT2D eigenvalue weighted by Crippen LogP contribution is 2.41. The molecule has 1 aliphatic rings. The third-order valence-corrected chi connectivity index (χ3v) is 5.02. The van der Waals surface area contributed by atoms with E-state index >= 15 is 0 Å². The van der Waals surface area contributed by atoms with Gasteiger partial charge in [0, 0.05) is 12.5 Å². The van der Waals surface area contributed by atoms with Crippen LogP contribution in [0, 0.1) is 11.8 Å². The number of carboxylic acids is 1. The fourth-order valence-corrected chi connectivity index (χ4v) is 3.34. The Kier molecular flexibility index (Phi) is 5.75. The molecule has 138 valence electrons. The minimum Gasteiger partial charge on any atom is -0.481 e. The van der Waals surface area contributed by atoms with E-state index in [1.54, 1.807) is 30.3 Å². The van der Waals surface area contributed by atoms with Crippen molar-refractivity contribution in [3.63, 3.8) is 0 Å². The fourth-order valence-electron chi connectivity index (χ4n) is 3.34. The number of carboxylic acid groups (broad SMARTS) is 1. The number of alkyl halides is 3. The van der Waals surface area contributed by atoms with Gasteiger partial charge in [0.05, 0.1) is 5.92 Å². The molecule has 0 spiro atoms. The Balaban J connectivity index is 2.12. The summed E-state index contributed by atoms with van der Waals surface area (Å²) in [6.07, 6.45) is -3.29. The molecule has 1 aromatic rings. The van der Waals surface area contributed by atoms with Crippen LogP contribution in [0.3, 0.4) is 0 Å². The van der Waals surface area contributed by atoms with Gasteiger partial charge in [-0.3, -0.25) is 9.59 Å². The van der Waals surface area contributed by atoms with Crippen molar-refractivity contribution >= 4 is 11.9 Å². The molecule has 1 saturated carbocycles. The van der Waals surface area contributed by atoms with Crippen LogP contribution in [0.15, 0.2) is 30.3 Å². The first kappa shape index (κ1) is 19.3. The Bertz CT molecular complexity index is 618. The van der Waals surface area contributed by atoms with Gasteiger partial charge in [-0.15, -0.1) is 0 Å². The van der Waals surface area contributed by atoms with E-state index in [9.17, 15) is 27.9 Å². The van der Waals surface area contributed by atoms with Crippen molar-refractivity contribution in [3.05, 3.63) is 35.9 Å². The van der Waals surface area contributed by atoms with Crippen molar-refractivity contribution < 1.29 is 27.9 Å². The number of benzene rings is 1. The van der Waals surface area contributed by atoms with Gasteiger partial charge in [0.25, 0.3) is 0 Å². The van der Waals surface area contributed by atoms with Crippen LogP contribution < -0.4 is 5.32 Å². The number of carbonyl (C=O) groups excluding carboxylic acids is 1. The Morgan fingerprint density at radius 2 is 1.76 bits per heavy atom. The lowest BCUT2D eigenvalue weighted by Crippen LogP contribution is -2.48. The zero-order valence-electron chi connectivity index (χ0n) is 14.0. The summed E-state index contributed by atoms with van der Waals surface area (Å²) >= 11 is 0. The van der Waals surface area contributed by atoms with Gasteiger partial charge in [-0.25, -0.2) is 0 Å². The molecule has 0 aromatic heterocycles. The Morgan fingerprint density at radius 1 is 1.16 bits per heavy atom. The van der Waals surface area contributed by atoms with Crippen molar-refractivity contribution in [1.29, 1.82) is 0 Å². The largest absolute Gasteiger partial charge is 0.481 e. The Morgan fingerprint density at radius 3 is 2.32 bits per heavy atom. The predicted molar refractivity (Wildman–Crippen MR) is 85.9 cm³/mol. The minimum atomic E-state index is -4.42. The monoisotopic (exact) mass is 357 g/mol. The highest BCUT2D eigenvalue weighted by molar-refractivity contribution is 5.84. The van der Waals surface area contributed by atoms with E-state index in [0.717, 1.165) is 0 Å². The summed E-state index contributed by atoms with van der Waals surface area (Å²) in [7, 11) is 0. The number of rotatable bonds is 5. The lowest BCUT2D eigenvalue weighted by Gasteiger charge is -2.33. The van der Waals surface area contributed by atoms with Crippen LogP contribution in [0.2, 0.25) is 0 Å². The highest BCUT2D eigenvalue weighted by atomic mass is 19.4. The van der Waals surface area contributed by atoms with Crippen molar-refractivity contribution in [3.8, 4) is 0 Å². The van der Waals surface area contributed by atoms with E-state index in [1.807, 2.05) is 0 Å². The van der Waals surface area contributed by atoms with E-state index in [-0.39, 0.29) is 19.4 Å². The minimum absolute atomic E-state index is 0.0591. The van der Waals surface area contributed by atoms with Crippen LogP contribution in [0.5, 0.6) is 0 Å². The van der Waals surface area contributed by atoms with E-state index in [2.05, 4.69) is 5.32 Å². The molecular formula is C18H22F3NO3. The molecule has 1 aromatic carbocycles. The summed E-state index contributed by atoms with van der Waals surface area (Å²) in [6, 6.07) is 8.34. The summed E-state index contributed by atoms with van der Waals surface area (Å²) in [5.41, 5.74) is -0.918. The lowest BCUT2D eigenvalue weighted by atomic mass is 9.77. The van der Waals surface area contributed by atoms with E-state index in [4.69, 9.17) is 0 Å². The lowest BCUT2D eigenvalue weighted by molar-refractivity contribution is -0.198. The molecule has 25 heavy (non-hydrogen) atoms. The number of halogens is 3. The number of amides is 1. The van der Waals surface area contributed by atoms with E-state index in [1.165, 1.54) is 6.92 Å². The third kappa shape index (κ3) is 4.32. The molecule has 0 radical (unpaired) electrons. The van der Waals surface area contributed by atoms with Gasteiger partial charge in [0.2, 0.25) is 5.91 Å². The maximum absolute atomic E-state index is 13.1. The molecule has 3 atom stereocenters. The van der Waals surface area contributed by atoms with Gasteiger partial charge in [-0.05, 0) is 25.3 Å². The van der Waals surface area contributed by atoms with Gasteiger partial charge in [0.1, 0.15) is 5.41 Å². The number of carbonyl (C=O) groups is 2. The summed E-state index contributed by atoms with van der Waals surface area (Å²) in [5, 5.41) is 12.0. The summed E-state index contributed by atoms with van der Waals surface area (Å²) in [5.74, 6) is -4.67. The molecule has 2 rings (SSSR count). The van der Waals surface area contributed by atoms with E-state index < -0.39 is 35.3 Å². The third-order valence-electron chi connectivity index (χ3n) is 5.02. The molecular weight excluding hydrogens is 335 g/mol. The smallest absolute Gasteiger partial charge is 0.392 e. The quantitative estimate of drug-likeness (QED) is 0.847. The molecule has 4 nitrogen and oxygen atoms in total. The Labute approximate surface area is 144 Å². The average molecular weight is 357 g/mol. The number of nitrogens with one attached hydrogen (secondary N) is 1. The molecule has 0 bridgehead atoms. The van der Waals surface area contributed by atoms with Crippen molar-refractivity contribution in [2.45, 2.75) is 44.2 Å². The first-order chi connectivity index (χ1) is 11.7. The second kappa shape index (κ2) is 7.45. The first-order valence-electron chi connectivity index (χ1n) is 8.29. The predicted octanol–water partition coefficient (Wildman–Crippen LogP) is 3.51. The molecule has 7 heteroatoms. The number of hydrogen-bond donors (Lipinski definition) is 2. The normalized spacial score (nSPS) is 23.5. The molecule has 1 amide bonds. The van der Waals surface area contributed by atoms with Gasteiger partial charge in [-0.1, -0.05) is 43.2 Å². The number of hydrogen-bond acceptors (Lipinski definition) is 2. The van der Waals surface area contributed by atoms with Crippen LogP contribution >= 0.6 is 0 Å². The molecule has 0 aliphatic heterocycles. The van der Waals surface area contributed by atoms with E-state index in [0.29, 0.717) is 18.4 Å². The second-order valence-electron chi connectivity index (χ2n) is 6.76. The van der Waals surface area contributed by atoms with Gasteiger partial charge in [-0.2, -0.15) is 13.2 Å². The van der Waals surface area contributed by atoms with Crippen LogP contribution in [0.1, 0.15) is 38.2 Å². The first-order valence-corrected chi connectivity index (χ1v) is 8.29. The summed E-state index contributed by atoms with van der Waals surface area (Å²) in [4.78, 5) is 24.1. The second-order valence-corrected chi connectivity index (χ2v) is 6.76. The van der Waals surface area contributed by atoms with Crippen LogP contribution in [-0.4, -0.2) is 29.7 Å².